The van der Waals surface area contributed by atoms with Gasteiger partial charge in [0.25, 0.3) is 0 Å². The number of likely N-dealkylation sites (N-methyl/N-ethyl adjacent to an activating group) is 1. The molecule has 0 radical (unpaired) electrons. The van der Waals surface area contributed by atoms with Gasteiger partial charge in [0, 0.05) is 45.3 Å². The van der Waals surface area contributed by atoms with Crippen molar-refractivity contribution in [1.29, 1.82) is 0 Å². The molecule has 0 atom stereocenters. The highest BCUT2D eigenvalue weighted by atomic mass is 16.6. The molecule has 12 nitrogen and oxygen atoms in total. The molecule has 1 amide bonds. The summed E-state index contributed by atoms with van der Waals surface area (Å²) in [7, 11) is 1.98. The third-order valence-electron chi connectivity index (χ3n) is 5.84. The number of anilines is 2. The Kier molecular flexibility index (Phi) is 6.02. The van der Waals surface area contributed by atoms with Gasteiger partial charge in [-0.1, -0.05) is 0 Å². The van der Waals surface area contributed by atoms with Gasteiger partial charge in [-0.3, -0.25) is 19.7 Å². The molecule has 0 spiro atoms. The third kappa shape index (κ3) is 4.25. The minimum absolute atomic E-state index is 0.0275. The minimum Gasteiger partial charge on any atom is -0.462 e. The Bertz CT molecular complexity index is 1200. The predicted octanol–water partition coefficient (Wildman–Crippen LogP) is 1.53. The van der Waals surface area contributed by atoms with Crippen LogP contribution in [0.1, 0.15) is 43.1 Å². The summed E-state index contributed by atoms with van der Waals surface area (Å²) in [5, 5.41) is 14.5. The Morgan fingerprint density at radius 2 is 1.94 bits per heavy atom. The number of ether oxygens (including phenoxy) is 1. The van der Waals surface area contributed by atoms with E-state index in [9.17, 15) is 24.5 Å². The summed E-state index contributed by atoms with van der Waals surface area (Å²) in [6, 6.07) is -0.0275. The number of esters is 1. The summed E-state index contributed by atoms with van der Waals surface area (Å²) >= 11 is 0. The van der Waals surface area contributed by atoms with Crippen molar-refractivity contribution >= 4 is 40.1 Å². The molecule has 1 saturated heterocycles. The maximum absolute atomic E-state index is 13.3. The fourth-order valence-electron chi connectivity index (χ4n) is 4.04. The quantitative estimate of drug-likeness (QED) is 0.388. The van der Waals surface area contributed by atoms with Crippen LogP contribution >= 0.6 is 0 Å². The number of pyridine rings is 2. The number of nitrogens with one attached hydrogen (secondary N) is 1. The number of nitrogens with zero attached hydrogens (tertiary/aromatic N) is 5. The van der Waals surface area contributed by atoms with E-state index in [-0.39, 0.29) is 40.8 Å². The molecule has 176 valence electrons. The van der Waals surface area contributed by atoms with Gasteiger partial charge in [0.05, 0.1) is 11.5 Å². The van der Waals surface area contributed by atoms with Crippen LogP contribution < -0.4 is 15.6 Å². The zero-order chi connectivity index (χ0) is 23.9. The molecule has 4 rings (SSSR count). The molecule has 2 aromatic rings. The molecule has 1 N–H and O–H groups in total. The summed E-state index contributed by atoms with van der Waals surface area (Å²) in [6.45, 7) is 5.42. The van der Waals surface area contributed by atoms with Crippen LogP contribution in [0.2, 0.25) is 0 Å². The van der Waals surface area contributed by atoms with E-state index in [1.807, 2.05) is 11.9 Å². The SMILES string of the molecule is CCOC(=O)c1cn(C2CC2)c2nc(N3CCN(C)CC3)c(NC(C)=O)c([N+](=O)[O-])c2c1=O. The molecule has 3 heterocycles. The van der Waals surface area contributed by atoms with E-state index < -0.39 is 27.9 Å². The lowest BCUT2D eigenvalue weighted by Crippen LogP contribution is -2.45. The predicted molar refractivity (Wildman–Crippen MR) is 121 cm³/mol. The second-order valence-electron chi connectivity index (χ2n) is 8.32. The second kappa shape index (κ2) is 8.77. The van der Waals surface area contributed by atoms with E-state index in [0.717, 1.165) is 12.8 Å². The van der Waals surface area contributed by atoms with Crippen LogP contribution in [0, 0.1) is 10.1 Å². The molecule has 0 bridgehead atoms. The van der Waals surface area contributed by atoms with Gasteiger partial charge in [-0.25, -0.2) is 9.78 Å². The average Bonchev–Trinajstić information content (AvgIpc) is 3.59. The Balaban J connectivity index is 2.07. The Morgan fingerprint density at radius 3 is 2.48 bits per heavy atom. The number of nitro groups is 1. The van der Waals surface area contributed by atoms with Crippen molar-refractivity contribution in [2.45, 2.75) is 32.7 Å². The second-order valence-corrected chi connectivity index (χ2v) is 8.32. The number of hydrogen-bond donors (Lipinski definition) is 1. The Hall–Kier alpha value is -3.54. The number of hydrogen-bond acceptors (Lipinski definition) is 9. The molecule has 0 aromatic carbocycles. The van der Waals surface area contributed by atoms with Crippen molar-refractivity contribution in [2.75, 3.05) is 50.1 Å². The first-order valence-corrected chi connectivity index (χ1v) is 10.9. The molecule has 2 fully saturated rings. The van der Waals surface area contributed by atoms with Crippen molar-refractivity contribution in [1.82, 2.24) is 14.5 Å². The zero-order valence-corrected chi connectivity index (χ0v) is 18.8. The molecule has 12 heteroatoms. The highest BCUT2D eigenvalue weighted by molar-refractivity contribution is 6.05. The van der Waals surface area contributed by atoms with Crippen LogP contribution in [-0.4, -0.2) is 71.1 Å². The van der Waals surface area contributed by atoms with E-state index in [0.29, 0.717) is 26.2 Å². The van der Waals surface area contributed by atoms with E-state index in [4.69, 9.17) is 4.74 Å². The lowest BCUT2D eigenvalue weighted by molar-refractivity contribution is -0.382. The van der Waals surface area contributed by atoms with Crippen LogP contribution in [0.4, 0.5) is 17.2 Å². The highest BCUT2D eigenvalue weighted by Gasteiger charge is 2.36. The van der Waals surface area contributed by atoms with Crippen molar-refractivity contribution in [3.8, 4) is 0 Å². The van der Waals surface area contributed by atoms with Crippen molar-refractivity contribution in [3.63, 3.8) is 0 Å². The van der Waals surface area contributed by atoms with Crippen LogP contribution in [0.3, 0.4) is 0 Å². The maximum atomic E-state index is 13.3. The number of fused-ring (bicyclic) bond motifs is 1. The third-order valence-corrected chi connectivity index (χ3v) is 5.84. The summed E-state index contributed by atoms with van der Waals surface area (Å²) in [5.74, 6) is -1.13. The fourth-order valence-corrected chi connectivity index (χ4v) is 4.04. The van der Waals surface area contributed by atoms with Gasteiger partial charge < -0.3 is 24.4 Å². The fraction of sp³-hybridized carbons (Fsp3) is 0.524. The average molecular weight is 458 g/mol. The number of aromatic nitrogens is 2. The first kappa shape index (κ1) is 22.6. The summed E-state index contributed by atoms with van der Waals surface area (Å²) in [4.78, 5) is 58.1. The number of piperazine rings is 1. The Labute approximate surface area is 189 Å². The number of carbonyl (C=O) groups excluding carboxylic acids is 2. The maximum Gasteiger partial charge on any atom is 0.343 e. The molecule has 1 aliphatic carbocycles. The first-order valence-electron chi connectivity index (χ1n) is 10.9. The van der Waals surface area contributed by atoms with Crippen LogP contribution in [-0.2, 0) is 9.53 Å². The van der Waals surface area contributed by atoms with Crippen LogP contribution in [0.5, 0.6) is 0 Å². The van der Waals surface area contributed by atoms with Crippen molar-refractivity contribution in [3.05, 3.63) is 32.1 Å². The Morgan fingerprint density at radius 1 is 1.27 bits per heavy atom. The molecular weight excluding hydrogens is 432 g/mol. The zero-order valence-electron chi connectivity index (χ0n) is 18.8. The molecule has 33 heavy (non-hydrogen) atoms. The van der Waals surface area contributed by atoms with E-state index in [1.165, 1.54) is 13.1 Å². The van der Waals surface area contributed by atoms with Crippen LogP contribution in [0.25, 0.3) is 11.0 Å². The minimum atomic E-state index is -0.850. The van der Waals surface area contributed by atoms with Gasteiger partial charge >= 0.3 is 11.7 Å². The lowest BCUT2D eigenvalue weighted by atomic mass is 10.1. The summed E-state index contributed by atoms with van der Waals surface area (Å²) in [5.41, 5.74) is -1.69. The number of rotatable bonds is 6. The lowest BCUT2D eigenvalue weighted by Gasteiger charge is -2.34. The molecule has 0 unspecified atom stereocenters. The molecular formula is C21H26N6O6. The van der Waals surface area contributed by atoms with Crippen LogP contribution in [0.15, 0.2) is 11.0 Å². The van der Waals surface area contributed by atoms with Gasteiger partial charge in [-0.05, 0) is 26.8 Å². The van der Waals surface area contributed by atoms with E-state index in [1.54, 1.807) is 11.5 Å². The molecule has 2 aromatic heterocycles. The smallest absolute Gasteiger partial charge is 0.343 e. The number of carbonyl (C=O) groups is 2. The molecule has 2 aliphatic rings. The van der Waals surface area contributed by atoms with Gasteiger partial charge in [-0.2, -0.15) is 0 Å². The largest absolute Gasteiger partial charge is 0.462 e. The standard InChI is InChI=1S/C21H26N6O6/c1-4-33-21(30)14-11-26(13-5-6-13)19-15(18(14)29)17(27(31)32)16(22-12(2)28)20(23-19)25-9-7-24(3)8-10-25/h11,13H,4-10H2,1-3H3,(H,22,28). The van der Waals surface area contributed by atoms with Crippen molar-refractivity contribution < 1.29 is 19.2 Å². The van der Waals surface area contributed by atoms with E-state index >= 15 is 0 Å². The normalized spacial score (nSPS) is 16.6. The first-order chi connectivity index (χ1) is 15.7. The van der Waals surface area contributed by atoms with Gasteiger partial charge in [0.2, 0.25) is 11.3 Å². The highest BCUT2D eigenvalue weighted by Crippen LogP contribution is 2.42. The van der Waals surface area contributed by atoms with Gasteiger partial charge in [0.1, 0.15) is 10.9 Å². The molecule has 1 saturated carbocycles. The van der Waals surface area contributed by atoms with Crippen molar-refractivity contribution in [2.24, 2.45) is 0 Å². The van der Waals surface area contributed by atoms with Gasteiger partial charge in [0.15, 0.2) is 17.2 Å². The summed E-state index contributed by atoms with van der Waals surface area (Å²) < 4.78 is 6.67. The number of amides is 1. The monoisotopic (exact) mass is 458 g/mol. The van der Waals surface area contributed by atoms with Gasteiger partial charge in [-0.15, -0.1) is 0 Å². The van der Waals surface area contributed by atoms with E-state index in [2.05, 4.69) is 15.2 Å². The molecule has 1 aliphatic heterocycles. The topological polar surface area (TPSA) is 140 Å². The summed E-state index contributed by atoms with van der Waals surface area (Å²) in [6.07, 6.45) is 2.99.